The summed E-state index contributed by atoms with van der Waals surface area (Å²) in [5, 5.41) is 10.6. The molecule has 22 heavy (non-hydrogen) atoms. The summed E-state index contributed by atoms with van der Waals surface area (Å²) in [7, 11) is 1.65. The Morgan fingerprint density at radius 2 is 2.05 bits per heavy atom. The number of fused-ring (bicyclic) bond motifs is 1. The molecule has 0 bridgehead atoms. The average molecular weight is 297 g/mol. The number of ether oxygens (including phenoxy) is 1. The molecule has 0 aliphatic carbocycles. The van der Waals surface area contributed by atoms with Gasteiger partial charge in [0.2, 0.25) is 0 Å². The van der Waals surface area contributed by atoms with Gasteiger partial charge in [0.15, 0.2) is 0 Å². The van der Waals surface area contributed by atoms with Gasteiger partial charge in [0.05, 0.1) is 13.2 Å². The van der Waals surface area contributed by atoms with Crippen LogP contribution in [0, 0.1) is 6.92 Å². The Hall–Kier alpha value is -2.00. The molecular weight excluding hydrogens is 274 g/mol. The highest BCUT2D eigenvalue weighted by Crippen LogP contribution is 2.31. The second-order valence-corrected chi connectivity index (χ2v) is 5.92. The molecule has 0 fully saturated rings. The van der Waals surface area contributed by atoms with Crippen molar-refractivity contribution < 1.29 is 9.84 Å². The predicted octanol–water partition coefficient (Wildman–Crippen LogP) is 3.49. The summed E-state index contributed by atoms with van der Waals surface area (Å²) in [5.74, 6) is 0.764. The van der Waals surface area contributed by atoms with E-state index in [2.05, 4.69) is 29.2 Å². The van der Waals surface area contributed by atoms with E-state index in [0.29, 0.717) is 6.42 Å². The number of aliphatic hydroxyl groups excluding tert-OH is 1. The molecule has 0 spiro atoms. The highest BCUT2D eigenvalue weighted by Gasteiger charge is 2.20. The number of para-hydroxylation sites is 1. The van der Waals surface area contributed by atoms with Crippen LogP contribution in [0.25, 0.3) is 0 Å². The van der Waals surface area contributed by atoms with Gasteiger partial charge in [-0.1, -0.05) is 29.8 Å². The molecule has 1 aliphatic heterocycles. The number of hydrogen-bond donors (Lipinski definition) is 1. The van der Waals surface area contributed by atoms with Crippen LogP contribution in [0.3, 0.4) is 0 Å². The minimum atomic E-state index is -0.498. The van der Waals surface area contributed by atoms with E-state index in [-0.39, 0.29) is 0 Å². The molecule has 0 saturated carbocycles. The molecule has 0 saturated heterocycles. The van der Waals surface area contributed by atoms with Crippen molar-refractivity contribution >= 4 is 5.69 Å². The molecule has 1 atom stereocenters. The number of aliphatic hydroxyl groups is 1. The van der Waals surface area contributed by atoms with Crippen LogP contribution in [0.15, 0.2) is 42.5 Å². The topological polar surface area (TPSA) is 32.7 Å². The lowest BCUT2D eigenvalue weighted by Gasteiger charge is -2.22. The molecule has 3 rings (SSSR count). The van der Waals surface area contributed by atoms with Crippen LogP contribution in [0.5, 0.6) is 5.75 Å². The molecule has 1 aliphatic rings. The van der Waals surface area contributed by atoms with E-state index in [1.807, 2.05) is 25.1 Å². The van der Waals surface area contributed by atoms with E-state index in [4.69, 9.17) is 4.74 Å². The van der Waals surface area contributed by atoms with Gasteiger partial charge in [-0.25, -0.2) is 0 Å². The third-order valence-corrected chi connectivity index (χ3v) is 4.40. The monoisotopic (exact) mass is 297 g/mol. The second kappa shape index (κ2) is 6.41. The first-order chi connectivity index (χ1) is 10.7. The maximum atomic E-state index is 10.6. The Morgan fingerprint density at radius 1 is 1.23 bits per heavy atom. The van der Waals surface area contributed by atoms with Gasteiger partial charge in [0.25, 0.3) is 0 Å². The van der Waals surface area contributed by atoms with Gasteiger partial charge < -0.3 is 14.7 Å². The lowest BCUT2D eigenvalue weighted by Crippen LogP contribution is -2.23. The van der Waals surface area contributed by atoms with Crippen molar-refractivity contribution in [3.05, 3.63) is 59.2 Å². The molecule has 0 aromatic heterocycles. The lowest BCUT2D eigenvalue weighted by atomic mass is 10.0. The molecule has 0 amide bonds. The number of nitrogens with zero attached hydrogens (tertiary/aromatic N) is 1. The number of benzene rings is 2. The van der Waals surface area contributed by atoms with Gasteiger partial charge in [-0.05, 0) is 43.5 Å². The lowest BCUT2D eigenvalue weighted by molar-refractivity contribution is 0.165. The van der Waals surface area contributed by atoms with E-state index >= 15 is 0 Å². The van der Waals surface area contributed by atoms with Crippen molar-refractivity contribution in [2.45, 2.75) is 25.9 Å². The summed E-state index contributed by atoms with van der Waals surface area (Å²) in [6.07, 6.45) is 1.30. The van der Waals surface area contributed by atoms with Crippen molar-refractivity contribution in [1.82, 2.24) is 0 Å². The van der Waals surface area contributed by atoms with E-state index in [1.165, 1.54) is 11.3 Å². The minimum absolute atomic E-state index is 0.498. The van der Waals surface area contributed by atoms with Crippen LogP contribution >= 0.6 is 0 Å². The summed E-state index contributed by atoms with van der Waals surface area (Å²) in [4.78, 5) is 2.36. The summed E-state index contributed by atoms with van der Waals surface area (Å²) in [6.45, 7) is 3.93. The van der Waals surface area contributed by atoms with E-state index < -0.39 is 6.10 Å². The summed E-state index contributed by atoms with van der Waals surface area (Å²) in [5.41, 5.74) is 4.74. The zero-order valence-electron chi connectivity index (χ0n) is 13.2. The Bertz CT molecular complexity index is 654. The summed E-state index contributed by atoms with van der Waals surface area (Å²) in [6, 6.07) is 14.5. The standard InChI is InChI=1S/C19H23NO2/c1-14-7-8-19(22-2)16(13-14)18(21)10-12-20-11-9-15-5-3-4-6-17(15)20/h3-8,13,18,21H,9-12H2,1-2H3. The van der Waals surface area contributed by atoms with Gasteiger partial charge in [0, 0.05) is 24.3 Å². The summed E-state index contributed by atoms with van der Waals surface area (Å²) < 4.78 is 5.38. The number of aryl methyl sites for hydroxylation is 1. The average Bonchev–Trinajstić information content (AvgIpc) is 2.96. The van der Waals surface area contributed by atoms with E-state index in [1.54, 1.807) is 7.11 Å². The third-order valence-electron chi connectivity index (χ3n) is 4.40. The maximum Gasteiger partial charge on any atom is 0.124 e. The van der Waals surface area contributed by atoms with Crippen LogP contribution in [-0.4, -0.2) is 25.3 Å². The first-order valence-electron chi connectivity index (χ1n) is 7.84. The van der Waals surface area contributed by atoms with E-state index in [0.717, 1.165) is 36.4 Å². The molecule has 0 radical (unpaired) electrons. The second-order valence-electron chi connectivity index (χ2n) is 5.92. The molecule has 1 N–H and O–H groups in total. The molecule has 2 aromatic carbocycles. The highest BCUT2D eigenvalue weighted by atomic mass is 16.5. The molecule has 1 heterocycles. The fraction of sp³-hybridized carbons (Fsp3) is 0.368. The number of methoxy groups -OCH3 is 1. The fourth-order valence-corrected chi connectivity index (χ4v) is 3.19. The number of anilines is 1. The zero-order valence-corrected chi connectivity index (χ0v) is 13.2. The Morgan fingerprint density at radius 3 is 2.86 bits per heavy atom. The van der Waals surface area contributed by atoms with Crippen molar-refractivity contribution in [2.24, 2.45) is 0 Å². The van der Waals surface area contributed by atoms with Crippen molar-refractivity contribution in [1.29, 1.82) is 0 Å². The van der Waals surface area contributed by atoms with Gasteiger partial charge in [-0.2, -0.15) is 0 Å². The molecule has 1 unspecified atom stereocenters. The van der Waals surface area contributed by atoms with Crippen LogP contribution in [0.1, 0.15) is 29.2 Å². The third kappa shape index (κ3) is 2.95. The van der Waals surface area contributed by atoms with Crippen LogP contribution < -0.4 is 9.64 Å². The number of hydrogen-bond acceptors (Lipinski definition) is 3. The molecular formula is C19H23NO2. The maximum absolute atomic E-state index is 10.6. The molecule has 3 nitrogen and oxygen atoms in total. The molecule has 2 aromatic rings. The van der Waals surface area contributed by atoms with Gasteiger partial charge >= 0.3 is 0 Å². The van der Waals surface area contributed by atoms with Gasteiger partial charge in [0.1, 0.15) is 5.75 Å². The Balaban J connectivity index is 1.69. The first-order valence-corrected chi connectivity index (χ1v) is 7.84. The molecule has 3 heteroatoms. The Labute approximate surface area is 132 Å². The largest absolute Gasteiger partial charge is 0.496 e. The highest BCUT2D eigenvalue weighted by molar-refractivity contribution is 5.57. The summed E-state index contributed by atoms with van der Waals surface area (Å²) >= 11 is 0. The Kier molecular flexibility index (Phi) is 4.34. The van der Waals surface area contributed by atoms with Gasteiger partial charge in [-0.3, -0.25) is 0 Å². The van der Waals surface area contributed by atoms with Crippen LogP contribution in [-0.2, 0) is 6.42 Å². The quantitative estimate of drug-likeness (QED) is 0.917. The van der Waals surface area contributed by atoms with Crippen molar-refractivity contribution in [2.75, 3.05) is 25.1 Å². The number of rotatable bonds is 5. The first kappa shape index (κ1) is 14.9. The normalized spacial score (nSPS) is 14.8. The van der Waals surface area contributed by atoms with E-state index in [9.17, 15) is 5.11 Å². The predicted molar refractivity (Wildman–Crippen MR) is 89.7 cm³/mol. The zero-order chi connectivity index (χ0) is 15.5. The van der Waals surface area contributed by atoms with Crippen LogP contribution in [0.4, 0.5) is 5.69 Å². The fourth-order valence-electron chi connectivity index (χ4n) is 3.19. The van der Waals surface area contributed by atoms with Crippen molar-refractivity contribution in [3.63, 3.8) is 0 Å². The minimum Gasteiger partial charge on any atom is -0.496 e. The smallest absolute Gasteiger partial charge is 0.124 e. The van der Waals surface area contributed by atoms with Crippen molar-refractivity contribution in [3.8, 4) is 5.75 Å². The SMILES string of the molecule is COc1ccc(C)cc1C(O)CCN1CCc2ccccc21. The molecule has 116 valence electrons. The van der Waals surface area contributed by atoms with Gasteiger partial charge in [-0.15, -0.1) is 0 Å². The van der Waals surface area contributed by atoms with Crippen LogP contribution in [0.2, 0.25) is 0 Å².